The number of thiophene rings is 1. The highest BCUT2D eigenvalue weighted by Crippen LogP contribution is 2.38. The summed E-state index contributed by atoms with van der Waals surface area (Å²) in [6.45, 7) is 2.35. The van der Waals surface area contributed by atoms with Gasteiger partial charge in [0, 0.05) is 31.0 Å². The van der Waals surface area contributed by atoms with Crippen LogP contribution in [0.25, 0.3) is 0 Å². The number of fused-ring (bicyclic) bond motifs is 1. The van der Waals surface area contributed by atoms with Gasteiger partial charge in [-0.15, -0.1) is 11.3 Å². The number of carbonyl (C=O) groups excluding carboxylic acids is 2. The molecule has 2 heterocycles. The number of alkyl carbamates (subject to hydrolysis) is 1. The summed E-state index contributed by atoms with van der Waals surface area (Å²) in [5.74, 6) is -0.0437. The minimum absolute atomic E-state index is 0.0731. The molecular weight excluding hydrogens is 450 g/mol. The van der Waals surface area contributed by atoms with Crippen LogP contribution in [0.15, 0.2) is 42.6 Å². The van der Waals surface area contributed by atoms with Crippen molar-refractivity contribution in [2.24, 2.45) is 7.05 Å². The van der Waals surface area contributed by atoms with Gasteiger partial charge in [0.25, 0.3) is 0 Å². The van der Waals surface area contributed by atoms with E-state index in [1.807, 2.05) is 50.4 Å². The number of benzene rings is 1. The Hall–Kier alpha value is -3.64. The van der Waals surface area contributed by atoms with Gasteiger partial charge in [-0.05, 0) is 36.0 Å². The Morgan fingerprint density at radius 2 is 2.12 bits per heavy atom. The molecule has 176 valence electrons. The Bertz CT molecular complexity index is 1210. The summed E-state index contributed by atoms with van der Waals surface area (Å²) in [4.78, 5) is 25.9. The van der Waals surface area contributed by atoms with Crippen molar-refractivity contribution in [3.8, 4) is 6.07 Å². The first-order valence-corrected chi connectivity index (χ1v) is 12.1. The van der Waals surface area contributed by atoms with Crippen LogP contribution in [0.4, 0.5) is 9.80 Å². The van der Waals surface area contributed by atoms with Gasteiger partial charge in [0.1, 0.15) is 17.2 Å². The van der Waals surface area contributed by atoms with Crippen molar-refractivity contribution in [2.75, 3.05) is 5.32 Å². The number of aromatic nitrogens is 2. The third kappa shape index (κ3) is 5.46. The number of ether oxygens (including phenoxy) is 1. The fraction of sp³-hybridized carbons (Fsp3) is 0.360. The maximum absolute atomic E-state index is 12.7. The quantitative estimate of drug-likeness (QED) is 0.528. The summed E-state index contributed by atoms with van der Waals surface area (Å²) >= 11 is 1.40. The Balaban J connectivity index is 1.35. The first kappa shape index (κ1) is 23.5. The van der Waals surface area contributed by atoms with Crippen LogP contribution in [0.3, 0.4) is 0 Å². The highest BCUT2D eigenvalue weighted by atomic mass is 32.1. The van der Waals surface area contributed by atoms with Gasteiger partial charge < -0.3 is 15.4 Å². The Morgan fingerprint density at radius 3 is 2.82 bits per heavy atom. The van der Waals surface area contributed by atoms with E-state index in [9.17, 15) is 14.9 Å². The Kier molecular flexibility index (Phi) is 7.28. The van der Waals surface area contributed by atoms with E-state index in [1.54, 1.807) is 10.9 Å². The zero-order valence-electron chi connectivity index (χ0n) is 19.2. The first-order valence-electron chi connectivity index (χ1n) is 11.3. The number of nitriles is 1. The van der Waals surface area contributed by atoms with Crippen molar-refractivity contribution in [3.63, 3.8) is 0 Å². The van der Waals surface area contributed by atoms with Crippen LogP contribution in [0.5, 0.6) is 0 Å². The molecule has 8 nitrogen and oxygen atoms in total. The lowest BCUT2D eigenvalue weighted by Crippen LogP contribution is -2.32. The second-order valence-electron chi connectivity index (χ2n) is 8.45. The largest absolute Gasteiger partial charge is 0.446 e. The lowest BCUT2D eigenvalue weighted by atomic mass is 9.93. The van der Waals surface area contributed by atoms with Crippen LogP contribution in [0.1, 0.15) is 52.9 Å². The predicted molar refractivity (Wildman–Crippen MR) is 129 cm³/mol. The topological polar surface area (TPSA) is 109 Å². The molecule has 1 aliphatic rings. The lowest BCUT2D eigenvalue weighted by molar-refractivity contribution is -0.116. The molecule has 2 atom stereocenters. The predicted octanol–water partition coefficient (Wildman–Crippen LogP) is 4.27. The van der Waals surface area contributed by atoms with Crippen molar-refractivity contribution in [3.05, 3.63) is 69.9 Å². The summed E-state index contributed by atoms with van der Waals surface area (Å²) in [7, 11) is 1.81. The summed E-state index contributed by atoms with van der Waals surface area (Å²) in [6, 6.07) is 14.0. The summed E-state index contributed by atoms with van der Waals surface area (Å²) in [6.07, 6.45) is 3.05. The summed E-state index contributed by atoms with van der Waals surface area (Å²) < 4.78 is 7.30. The van der Waals surface area contributed by atoms with Crippen LogP contribution in [-0.4, -0.2) is 27.9 Å². The van der Waals surface area contributed by atoms with Crippen LogP contribution in [0, 0.1) is 11.3 Å². The minimum Gasteiger partial charge on any atom is -0.446 e. The van der Waals surface area contributed by atoms with E-state index in [0.29, 0.717) is 42.8 Å². The van der Waals surface area contributed by atoms with Crippen LogP contribution >= 0.6 is 11.3 Å². The number of hydrogen-bond donors (Lipinski definition) is 2. The average molecular weight is 478 g/mol. The average Bonchev–Trinajstić information content (AvgIpc) is 3.39. The van der Waals surface area contributed by atoms with Crippen molar-refractivity contribution in [2.45, 2.75) is 51.2 Å². The van der Waals surface area contributed by atoms with Gasteiger partial charge in [-0.2, -0.15) is 10.4 Å². The number of nitrogens with one attached hydrogen (secondary N) is 2. The molecule has 0 saturated heterocycles. The monoisotopic (exact) mass is 477 g/mol. The van der Waals surface area contributed by atoms with Crippen LogP contribution in [0.2, 0.25) is 0 Å². The molecule has 0 spiro atoms. The van der Waals surface area contributed by atoms with Crippen molar-refractivity contribution in [1.29, 1.82) is 5.26 Å². The summed E-state index contributed by atoms with van der Waals surface area (Å²) in [5.41, 5.74) is 3.46. The SMILES string of the molecule is CC(CC(=O)Nc1sc2c(c1C#N)CCC(OC(=O)NCc1ccnn1C)C2)c1ccccc1. The molecule has 2 aromatic heterocycles. The second-order valence-corrected chi connectivity index (χ2v) is 9.56. The van der Waals surface area contributed by atoms with Crippen molar-refractivity contribution in [1.82, 2.24) is 15.1 Å². The molecule has 3 aromatic rings. The maximum Gasteiger partial charge on any atom is 0.407 e. The molecule has 4 rings (SSSR count). The fourth-order valence-corrected chi connectivity index (χ4v) is 5.43. The molecular formula is C25H27N5O3S. The van der Waals surface area contributed by atoms with Gasteiger partial charge in [-0.25, -0.2) is 4.79 Å². The molecule has 0 aliphatic heterocycles. The van der Waals surface area contributed by atoms with E-state index >= 15 is 0 Å². The molecule has 2 amide bonds. The standard InChI is InChI=1S/C25H27N5O3S/c1-16(17-6-4-3-5-7-17)12-23(31)29-24-21(14-26)20-9-8-19(13-22(20)34-24)33-25(32)27-15-18-10-11-28-30(18)2/h3-7,10-11,16,19H,8-9,12-13,15H2,1-2H3,(H,27,32)(H,29,31). The highest BCUT2D eigenvalue weighted by Gasteiger charge is 2.28. The van der Waals surface area contributed by atoms with E-state index in [4.69, 9.17) is 4.74 Å². The number of rotatable bonds is 7. The van der Waals surface area contributed by atoms with Crippen LogP contribution < -0.4 is 10.6 Å². The zero-order chi connectivity index (χ0) is 24.1. The van der Waals surface area contributed by atoms with E-state index in [-0.39, 0.29) is 17.9 Å². The Morgan fingerprint density at radius 1 is 1.32 bits per heavy atom. The van der Waals surface area contributed by atoms with Gasteiger partial charge in [-0.1, -0.05) is 37.3 Å². The fourth-order valence-electron chi connectivity index (χ4n) is 4.15. The van der Waals surface area contributed by atoms with Crippen molar-refractivity contribution < 1.29 is 14.3 Å². The van der Waals surface area contributed by atoms with Gasteiger partial charge >= 0.3 is 6.09 Å². The number of carbonyl (C=O) groups is 2. The van der Waals surface area contributed by atoms with Gasteiger partial charge in [0.05, 0.1) is 17.8 Å². The minimum atomic E-state index is -0.477. The summed E-state index contributed by atoms with van der Waals surface area (Å²) in [5, 5.41) is 20.1. The molecule has 1 aromatic carbocycles. The number of hydrogen-bond acceptors (Lipinski definition) is 6. The smallest absolute Gasteiger partial charge is 0.407 e. The van der Waals surface area contributed by atoms with Crippen molar-refractivity contribution >= 4 is 28.3 Å². The molecule has 9 heteroatoms. The second kappa shape index (κ2) is 10.5. The van der Waals surface area contributed by atoms with E-state index in [0.717, 1.165) is 21.7 Å². The molecule has 34 heavy (non-hydrogen) atoms. The van der Waals surface area contributed by atoms with E-state index in [1.165, 1.54) is 11.3 Å². The number of anilines is 1. The van der Waals surface area contributed by atoms with E-state index in [2.05, 4.69) is 21.8 Å². The molecule has 2 unspecified atom stereocenters. The molecule has 2 N–H and O–H groups in total. The molecule has 0 radical (unpaired) electrons. The first-order chi connectivity index (χ1) is 16.4. The molecule has 0 bridgehead atoms. The van der Waals surface area contributed by atoms with Crippen LogP contribution in [-0.2, 0) is 36.0 Å². The number of amides is 2. The normalized spacial score (nSPS) is 15.6. The number of nitrogens with zero attached hydrogens (tertiary/aromatic N) is 3. The molecule has 1 aliphatic carbocycles. The van der Waals surface area contributed by atoms with Gasteiger partial charge in [0.2, 0.25) is 5.91 Å². The number of aryl methyl sites for hydroxylation is 1. The Labute approximate surface area is 202 Å². The lowest BCUT2D eigenvalue weighted by Gasteiger charge is -2.22. The maximum atomic E-state index is 12.7. The van der Waals surface area contributed by atoms with E-state index < -0.39 is 6.09 Å². The molecule has 0 fully saturated rings. The zero-order valence-corrected chi connectivity index (χ0v) is 20.0. The van der Waals surface area contributed by atoms with Gasteiger partial charge in [-0.3, -0.25) is 9.48 Å². The third-order valence-corrected chi connectivity index (χ3v) is 7.22. The highest BCUT2D eigenvalue weighted by molar-refractivity contribution is 7.16. The molecule has 0 saturated carbocycles. The third-order valence-electron chi connectivity index (χ3n) is 6.06. The van der Waals surface area contributed by atoms with Gasteiger partial charge in [0.15, 0.2) is 0 Å².